The van der Waals surface area contributed by atoms with Crippen LogP contribution in [0.2, 0.25) is 0 Å². The smallest absolute Gasteiger partial charge is 0.0703 e. The Bertz CT molecular complexity index is 1620. The lowest BCUT2D eigenvalue weighted by molar-refractivity contribution is 0.241. The van der Waals surface area contributed by atoms with Crippen LogP contribution in [0.25, 0.3) is 11.3 Å². The van der Waals surface area contributed by atoms with E-state index in [0.717, 1.165) is 72.3 Å². The monoisotopic (exact) mass is 578 g/mol. The predicted molar refractivity (Wildman–Crippen MR) is 170 cm³/mol. The van der Waals surface area contributed by atoms with Gasteiger partial charge in [0, 0.05) is 88.2 Å². The maximum absolute atomic E-state index is 4.86. The second kappa shape index (κ2) is 14.8. The van der Waals surface area contributed by atoms with E-state index in [1.54, 1.807) is 0 Å². The van der Waals surface area contributed by atoms with Crippen LogP contribution < -0.4 is 0 Å². The number of hydrogen-bond donors (Lipinski definition) is 0. The largest absolute Gasteiger partial charge is 0.287 e. The molecular weight excluding hydrogens is 544 g/mol. The van der Waals surface area contributed by atoms with E-state index in [1.807, 2.05) is 85.8 Å². The van der Waals surface area contributed by atoms with Gasteiger partial charge < -0.3 is 0 Å². The molecule has 0 saturated heterocycles. The molecule has 0 N–H and O–H groups in total. The first-order chi connectivity index (χ1) is 21.8. The van der Waals surface area contributed by atoms with E-state index in [2.05, 4.69) is 78.3 Å². The average Bonchev–Trinajstić information content (AvgIpc) is 3.07. The van der Waals surface area contributed by atoms with E-state index in [-0.39, 0.29) is 0 Å². The minimum atomic E-state index is 0.681. The van der Waals surface area contributed by atoms with Crippen molar-refractivity contribution in [1.82, 2.24) is 39.7 Å². The molecule has 218 valence electrons. The Morgan fingerprint density at radius 1 is 0.409 bits per heavy atom. The fourth-order valence-electron chi connectivity index (χ4n) is 5.14. The lowest BCUT2D eigenvalue weighted by Gasteiger charge is -2.22. The summed E-state index contributed by atoms with van der Waals surface area (Å²) in [5.74, 6) is 0. The zero-order valence-electron chi connectivity index (χ0n) is 24.5. The first kappa shape index (κ1) is 28.9. The Kier molecular flexibility index (Phi) is 9.74. The summed E-state index contributed by atoms with van der Waals surface area (Å²) in [4.78, 5) is 32.0. The van der Waals surface area contributed by atoms with Crippen molar-refractivity contribution in [3.63, 3.8) is 0 Å². The van der Waals surface area contributed by atoms with Crippen LogP contribution in [0, 0.1) is 0 Å². The molecule has 0 saturated carbocycles. The predicted octanol–water partition coefficient (Wildman–Crippen LogP) is 6.13. The summed E-state index contributed by atoms with van der Waals surface area (Å²) >= 11 is 0. The van der Waals surface area contributed by atoms with Gasteiger partial charge in [0.15, 0.2) is 0 Å². The van der Waals surface area contributed by atoms with Gasteiger partial charge in [-0.1, -0.05) is 24.3 Å². The second-order valence-electron chi connectivity index (χ2n) is 10.7. The zero-order chi connectivity index (χ0) is 29.8. The van der Waals surface area contributed by atoms with Crippen molar-refractivity contribution in [2.24, 2.45) is 0 Å². The number of rotatable bonds is 13. The molecule has 6 aromatic rings. The highest BCUT2D eigenvalue weighted by molar-refractivity contribution is 5.59. The maximum atomic E-state index is 4.86. The van der Waals surface area contributed by atoms with Crippen molar-refractivity contribution >= 4 is 0 Å². The summed E-state index contributed by atoms with van der Waals surface area (Å²) in [5.41, 5.74) is 8.35. The Morgan fingerprint density at radius 2 is 0.955 bits per heavy atom. The van der Waals surface area contributed by atoms with Crippen molar-refractivity contribution in [3.05, 3.63) is 168 Å². The summed E-state index contributed by atoms with van der Waals surface area (Å²) in [7, 11) is 0. The van der Waals surface area contributed by atoms with E-state index >= 15 is 0 Å². The van der Waals surface area contributed by atoms with Gasteiger partial charge in [-0.2, -0.15) is 0 Å². The van der Waals surface area contributed by atoms with Gasteiger partial charge in [-0.3, -0.25) is 39.7 Å². The lowest BCUT2D eigenvalue weighted by Crippen LogP contribution is -2.23. The van der Waals surface area contributed by atoms with Crippen LogP contribution in [0.4, 0.5) is 0 Å². The van der Waals surface area contributed by atoms with Crippen molar-refractivity contribution < 1.29 is 0 Å². The van der Waals surface area contributed by atoms with Crippen LogP contribution in [-0.4, -0.2) is 39.7 Å². The molecule has 8 nitrogen and oxygen atoms in total. The topological polar surface area (TPSA) is 83.8 Å². The summed E-state index contributed by atoms with van der Waals surface area (Å²) in [6.07, 6.45) is 13.0. The normalized spacial score (nSPS) is 11.2. The second-order valence-corrected chi connectivity index (χ2v) is 10.7. The molecule has 0 aliphatic rings. The Balaban J connectivity index is 1.16. The molecule has 0 spiro atoms. The molecule has 6 aromatic heterocycles. The van der Waals surface area contributed by atoms with E-state index in [9.17, 15) is 0 Å². The van der Waals surface area contributed by atoms with E-state index in [0.29, 0.717) is 6.54 Å². The molecule has 0 bridgehead atoms. The number of aromatic nitrogens is 6. The van der Waals surface area contributed by atoms with Gasteiger partial charge in [0.05, 0.1) is 28.5 Å². The Morgan fingerprint density at radius 3 is 1.48 bits per heavy atom. The van der Waals surface area contributed by atoms with Gasteiger partial charge in [-0.25, -0.2) is 0 Å². The summed E-state index contributed by atoms with van der Waals surface area (Å²) in [5, 5.41) is 0. The summed E-state index contributed by atoms with van der Waals surface area (Å²) in [6.45, 7) is 4.35. The molecule has 0 aliphatic heterocycles. The van der Waals surface area contributed by atoms with Crippen molar-refractivity contribution in [2.45, 2.75) is 39.3 Å². The third-order valence-corrected chi connectivity index (χ3v) is 7.22. The number of nitrogens with zero attached hydrogens (tertiary/aromatic N) is 8. The van der Waals surface area contributed by atoms with E-state index < -0.39 is 0 Å². The van der Waals surface area contributed by atoms with Gasteiger partial charge in [0.1, 0.15) is 0 Å². The standard InChI is InChI=1S/C36H34N8/c1-4-15-38-32(7-1)25-43(23-29-12-18-37-19-13-29)28-35-21-31(14-20-41-35)36-11-10-30(22-42-36)24-44(26-33-8-2-5-16-39-33)27-34-9-3-6-17-40-34/h1-22H,23-28H2. The number of pyridine rings is 6. The Hall–Kier alpha value is -5.18. The molecule has 0 atom stereocenters. The highest BCUT2D eigenvalue weighted by Crippen LogP contribution is 2.21. The molecular formula is C36H34N8. The van der Waals surface area contributed by atoms with Gasteiger partial charge in [0.2, 0.25) is 0 Å². The van der Waals surface area contributed by atoms with Crippen LogP contribution in [0.15, 0.2) is 134 Å². The van der Waals surface area contributed by atoms with Crippen LogP contribution >= 0.6 is 0 Å². The molecule has 0 fully saturated rings. The van der Waals surface area contributed by atoms with E-state index in [4.69, 9.17) is 9.97 Å². The molecule has 0 amide bonds. The first-order valence-electron chi connectivity index (χ1n) is 14.7. The third kappa shape index (κ3) is 8.44. The molecule has 0 aliphatic carbocycles. The van der Waals surface area contributed by atoms with Crippen molar-refractivity contribution in [3.8, 4) is 11.3 Å². The quantitative estimate of drug-likeness (QED) is 0.162. The van der Waals surface area contributed by atoms with Gasteiger partial charge in [-0.05, 0) is 77.9 Å². The molecule has 8 heteroatoms. The van der Waals surface area contributed by atoms with Gasteiger partial charge >= 0.3 is 0 Å². The maximum Gasteiger partial charge on any atom is 0.0703 e. The van der Waals surface area contributed by atoms with Gasteiger partial charge in [-0.15, -0.1) is 0 Å². The fraction of sp³-hybridized carbons (Fsp3) is 0.167. The van der Waals surface area contributed by atoms with E-state index in [1.165, 1.54) is 5.56 Å². The highest BCUT2D eigenvalue weighted by atomic mass is 15.1. The summed E-state index contributed by atoms with van der Waals surface area (Å²) in [6, 6.07) is 30.6. The molecule has 44 heavy (non-hydrogen) atoms. The van der Waals surface area contributed by atoms with Gasteiger partial charge in [0.25, 0.3) is 0 Å². The highest BCUT2D eigenvalue weighted by Gasteiger charge is 2.13. The molecule has 0 aromatic carbocycles. The van der Waals surface area contributed by atoms with Crippen LogP contribution in [0.3, 0.4) is 0 Å². The third-order valence-electron chi connectivity index (χ3n) is 7.22. The number of hydrogen-bond acceptors (Lipinski definition) is 8. The minimum absolute atomic E-state index is 0.681. The minimum Gasteiger partial charge on any atom is -0.287 e. The molecule has 6 rings (SSSR count). The SMILES string of the molecule is c1ccc(CN(Cc2ccc(-c3ccnc(CN(Cc4ccncc4)Cc4ccccn4)c3)nc2)Cc2ccccn2)nc1. The lowest BCUT2D eigenvalue weighted by atomic mass is 10.1. The first-order valence-corrected chi connectivity index (χ1v) is 14.7. The molecule has 0 radical (unpaired) electrons. The zero-order valence-corrected chi connectivity index (χ0v) is 24.5. The van der Waals surface area contributed by atoms with Crippen LogP contribution in [0.5, 0.6) is 0 Å². The molecule has 6 heterocycles. The molecule has 0 unspecified atom stereocenters. The van der Waals surface area contributed by atoms with Crippen LogP contribution in [-0.2, 0) is 39.3 Å². The Labute approximate surface area is 258 Å². The van der Waals surface area contributed by atoms with Crippen molar-refractivity contribution in [2.75, 3.05) is 0 Å². The fourth-order valence-corrected chi connectivity index (χ4v) is 5.14. The average molecular weight is 579 g/mol. The summed E-state index contributed by atoms with van der Waals surface area (Å²) < 4.78 is 0. The van der Waals surface area contributed by atoms with Crippen molar-refractivity contribution in [1.29, 1.82) is 0 Å². The van der Waals surface area contributed by atoms with Crippen LogP contribution in [0.1, 0.15) is 33.9 Å².